The second-order valence-electron chi connectivity index (χ2n) is 14.5. The van der Waals surface area contributed by atoms with Crippen LogP contribution in [0.5, 0.6) is 0 Å². The van der Waals surface area contributed by atoms with Crippen molar-refractivity contribution in [3.8, 4) is 0 Å². The third-order valence-electron chi connectivity index (χ3n) is 11.3. The van der Waals surface area contributed by atoms with Crippen LogP contribution in [0.15, 0.2) is 0 Å². The molecule has 0 aromatic rings. The Hall–Kier alpha value is -0.200. The van der Waals surface area contributed by atoms with Gasteiger partial charge in [0.25, 0.3) is 0 Å². The van der Waals surface area contributed by atoms with E-state index in [4.69, 9.17) is 16.2 Å². The van der Waals surface area contributed by atoms with Gasteiger partial charge in [0.15, 0.2) is 0 Å². The van der Waals surface area contributed by atoms with Crippen LogP contribution in [0.25, 0.3) is 0 Å². The number of unbranched alkanes of at least 4 members (excludes halogenated alkanes) is 2. The van der Waals surface area contributed by atoms with Crippen LogP contribution in [-0.4, -0.2) is 52.0 Å². The second kappa shape index (κ2) is 19.9. The van der Waals surface area contributed by atoms with Gasteiger partial charge in [-0.3, -0.25) is 0 Å². The van der Waals surface area contributed by atoms with Crippen molar-refractivity contribution in [2.45, 2.75) is 143 Å². The highest BCUT2D eigenvalue weighted by Crippen LogP contribution is 2.57. The normalized spacial score (nSPS) is 28.1. The van der Waals surface area contributed by atoms with Gasteiger partial charge in [0.1, 0.15) is 0 Å². The summed E-state index contributed by atoms with van der Waals surface area (Å²) in [5, 5.41) is 7.18. The van der Waals surface area contributed by atoms with Crippen LogP contribution in [0.3, 0.4) is 0 Å². The standard InChI is InChI=1S/C35H72N4O/c1-6-33(40-28-14-23-37)35(5)31(16-8-10-24-38-25-11-12-26-39-27-13-22-36)19-20-32(35)29(2)17-18-30-15-7-9-21-34(30,3)4/h29-33,38-39H,6-28,36-37H2,1-5H3/t29?,30?,31?,32?,33-,35+/m0/s1. The lowest BCUT2D eigenvalue weighted by Gasteiger charge is -2.46. The lowest BCUT2D eigenvalue weighted by atomic mass is 9.62. The van der Waals surface area contributed by atoms with Gasteiger partial charge in [-0.25, -0.2) is 0 Å². The first-order chi connectivity index (χ1) is 19.3. The smallest absolute Gasteiger partial charge is 0.0631 e. The molecule has 0 heterocycles. The van der Waals surface area contributed by atoms with Crippen molar-refractivity contribution in [2.75, 3.05) is 45.9 Å². The summed E-state index contributed by atoms with van der Waals surface area (Å²) in [5.41, 5.74) is 12.2. The minimum absolute atomic E-state index is 0.287. The summed E-state index contributed by atoms with van der Waals surface area (Å²) in [7, 11) is 0. The van der Waals surface area contributed by atoms with Gasteiger partial charge in [-0.1, -0.05) is 60.3 Å². The van der Waals surface area contributed by atoms with Gasteiger partial charge in [-0.15, -0.1) is 0 Å². The van der Waals surface area contributed by atoms with E-state index in [9.17, 15) is 0 Å². The topological polar surface area (TPSA) is 85.3 Å². The number of hydrogen-bond acceptors (Lipinski definition) is 5. The molecule has 6 atom stereocenters. The molecule has 238 valence electrons. The van der Waals surface area contributed by atoms with E-state index in [-0.39, 0.29) is 5.41 Å². The van der Waals surface area contributed by atoms with Gasteiger partial charge >= 0.3 is 0 Å². The Morgan fingerprint density at radius 3 is 2.05 bits per heavy atom. The summed E-state index contributed by atoms with van der Waals surface area (Å²) in [6.45, 7) is 19.5. The van der Waals surface area contributed by atoms with Crippen molar-refractivity contribution in [3.05, 3.63) is 0 Å². The maximum absolute atomic E-state index is 6.67. The lowest BCUT2D eigenvalue weighted by molar-refractivity contribution is -0.0879. The third kappa shape index (κ3) is 11.5. The quantitative estimate of drug-likeness (QED) is 0.0981. The Labute approximate surface area is 250 Å². The largest absolute Gasteiger partial charge is 0.378 e. The zero-order valence-corrected chi connectivity index (χ0v) is 27.7. The van der Waals surface area contributed by atoms with Crippen LogP contribution in [0.2, 0.25) is 0 Å². The van der Waals surface area contributed by atoms with Crippen molar-refractivity contribution in [3.63, 3.8) is 0 Å². The summed E-state index contributed by atoms with van der Waals surface area (Å²) in [5.74, 6) is 3.26. The molecule has 2 saturated carbocycles. The van der Waals surface area contributed by atoms with Crippen LogP contribution < -0.4 is 22.1 Å². The average molecular weight is 565 g/mol. The predicted octanol–water partition coefficient (Wildman–Crippen LogP) is 7.27. The van der Waals surface area contributed by atoms with Gasteiger partial charge < -0.3 is 26.8 Å². The minimum atomic E-state index is 0.287. The fraction of sp³-hybridized carbons (Fsp3) is 1.00. The Morgan fingerprint density at radius 2 is 1.43 bits per heavy atom. The van der Waals surface area contributed by atoms with E-state index in [1.165, 1.54) is 83.5 Å². The van der Waals surface area contributed by atoms with Gasteiger partial charge in [0.05, 0.1) is 6.10 Å². The van der Waals surface area contributed by atoms with Crippen LogP contribution in [0, 0.1) is 34.5 Å². The van der Waals surface area contributed by atoms with E-state index < -0.39 is 0 Å². The molecule has 0 spiro atoms. The van der Waals surface area contributed by atoms with E-state index in [1.54, 1.807) is 0 Å². The first kappa shape index (κ1) is 36.0. The molecule has 6 N–H and O–H groups in total. The molecule has 2 fully saturated rings. The zero-order valence-electron chi connectivity index (χ0n) is 27.7. The fourth-order valence-electron chi connectivity index (χ4n) is 8.59. The SMILES string of the molecule is CC[C@H](OCCCN)[C@]1(C)C(CCCCNCCCCNCCCN)CCC1C(C)CCC1CCCCC1(C)C. The van der Waals surface area contributed by atoms with Gasteiger partial charge in [-0.2, -0.15) is 0 Å². The number of nitrogens with one attached hydrogen (secondary N) is 2. The van der Waals surface area contributed by atoms with Crippen LogP contribution in [-0.2, 0) is 4.74 Å². The minimum Gasteiger partial charge on any atom is -0.378 e. The van der Waals surface area contributed by atoms with E-state index in [1.807, 2.05) is 0 Å². The van der Waals surface area contributed by atoms with Crippen LogP contribution in [0.4, 0.5) is 0 Å². The van der Waals surface area contributed by atoms with E-state index in [2.05, 4.69) is 45.3 Å². The highest BCUT2D eigenvalue weighted by Gasteiger charge is 2.52. The summed E-state index contributed by atoms with van der Waals surface area (Å²) in [6.07, 6.45) is 21.4. The average Bonchev–Trinajstić information content (AvgIpc) is 3.27. The predicted molar refractivity (Wildman–Crippen MR) is 175 cm³/mol. The highest BCUT2D eigenvalue weighted by atomic mass is 16.5. The molecule has 4 unspecified atom stereocenters. The molecule has 0 amide bonds. The monoisotopic (exact) mass is 565 g/mol. The van der Waals surface area contributed by atoms with Gasteiger partial charge in [-0.05, 0) is 151 Å². The molecule has 0 aliphatic heterocycles. The second-order valence-corrected chi connectivity index (χ2v) is 14.5. The first-order valence-electron chi connectivity index (χ1n) is 17.7. The summed E-state index contributed by atoms with van der Waals surface area (Å²) < 4.78 is 6.67. The van der Waals surface area contributed by atoms with Crippen molar-refractivity contribution < 1.29 is 4.74 Å². The molecular weight excluding hydrogens is 492 g/mol. The van der Waals surface area contributed by atoms with Crippen molar-refractivity contribution in [2.24, 2.45) is 46.0 Å². The van der Waals surface area contributed by atoms with E-state index in [0.717, 1.165) is 88.8 Å². The number of hydrogen-bond donors (Lipinski definition) is 4. The molecule has 0 aromatic heterocycles. The summed E-state index contributed by atoms with van der Waals surface area (Å²) in [4.78, 5) is 0. The van der Waals surface area contributed by atoms with E-state index >= 15 is 0 Å². The molecule has 5 nitrogen and oxygen atoms in total. The number of rotatable bonds is 23. The maximum Gasteiger partial charge on any atom is 0.0631 e. The molecule has 2 rings (SSSR count). The Kier molecular flexibility index (Phi) is 17.9. The van der Waals surface area contributed by atoms with Crippen molar-refractivity contribution in [1.82, 2.24) is 10.6 Å². The van der Waals surface area contributed by atoms with Crippen molar-refractivity contribution in [1.29, 1.82) is 0 Å². The zero-order chi connectivity index (χ0) is 29.3. The Morgan fingerprint density at radius 1 is 0.775 bits per heavy atom. The summed E-state index contributed by atoms with van der Waals surface area (Å²) >= 11 is 0. The molecule has 0 radical (unpaired) electrons. The van der Waals surface area contributed by atoms with Gasteiger partial charge in [0, 0.05) is 6.61 Å². The Balaban J connectivity index is 1.86. The van der Waals surface area contributed by atoms with Crippen LogP contribution in [0.1, 0.15) is 137 Å². The third-order valence-corrected chi connectivity index (χ3v) is 11.3. The fourth-order valence-corrected chi connectivity index (χ4v) is 8.59. The van der Waals surface area contributed by atoms with E-state index in [0.29, 0.717) is 11.5 Å². The number of nitrogens with two attached hydrogens (primary N) is 2. The molecular formula is C35H72N4O. The molecule has 0 aromatic carbocycles. The molecule has 5 heteroatoms. The molecule has 0 bridgehead atoms. The van der Waals surface area contributed by atoms with Crippen molar-refractivity contribution >= 4 is 0 Å². The molecule has 2 aliphatic carbocycles. The Bertz CT molecular complexity index is 629. The lowest BCUT2D eigenvalue weighted by Crippen LogP contribution is -2.44. The first-order valence-corrected chi connectivity index (χ1v) is 17.7. The maximum atomic E-state index is 6.67. The van der Waals surface area contributed by atoms with Crippen LogP contribution >= 0.6 is 0 Å². The molecule has 2 aliphatic rings. The molecule has 40 heavy (non-hydrogen) atoms. The van der Waals surface area contributed by atoms with Gasteiger partial charge in [0.2, 0.25) is 0 Å². The summed E-state index contributed by atoms with van der Waals surface area (Å²) in [6, 6.07) is 0. The number of ether oxygens (including phenoxy) is 1. The highest BCUT2D eigenvalue weighted by molar-refractivity contribution is 5.01. The molecule has 0 saturated heterocycles.